The Morgan fingerprint density at radius 3 is 2.67 bits per heavy atom. The normalized spacial score (nSPS) is 23.4. The largest absolute Gasteiger partial charge is 0.459 e. The molecule has 0 amide bonds. The molecule has 154 valence electrons. The van der Waals surface area contributed by atoms with Gasteiger partial charge in [0.1, 0.15) is 54.5 Å². The van der Waals surface area contributed by atoms with Crippen LogP contribution >= 0.6 is 0 Å². The minimum atomic E-state index is -1.42. The maximum absolute atomic E-state index is 12.1. The van der Waals surface area contributed by atoms with Crippen LogP contribution in [0.1, 0.15) is 22.1 Å². The van der Waals surface area contributed by atoms with Crippen LogP contribution in [0.4, 0.5) is 11.6 Å². The number of anilines is 2. The van der Waals surface area contributed by atoms with E-state index in [0.29, 0.717) is 5.56 Å². The summed E-state index contributed by atoms with van der Waals surface area (Å²) in [4.78, 5) is 20.1. The van der Waals surface area contributed by atoms with Gasteiger partial charge in [0.25, 0.3) is 0 Å². The maximum Gasteiger partial charge on any atom is 0.338 e. The second kappa shape index (κ2) is 7.60. The quantitative estimate of drug-likeness (QED) is 0.425. The Labute approximate surface area is 170 Å². The first kappa shape index (κ1) is 19.6. The molecule has 0 unspecified atom stereocenters. The van der Waals surface area contributed by atoms with Crippen LogP contribution < -0.4 is 11.5 Å². The molecule has 3 aromatic rings. The molecule has 6 N–H and O–H groups in total. The number of hydrogen-bond acceptors (Lipinski definition) is 10. The van der Waals surface area contributed by atoms with Gasteiger partial charge in [0.15, 0.2) is 11.9 Å². The van der Waals surface area contributed by atoms with Gasteiger partial charge in [-0.15, -0.1) is 0 Å². The smallest absolute Gasteiger partial charge is 0.338 e. The third kappa shape index (κ3) is 3.09. The molecule has 11 heteroatoms. The van der Waals surface area contributed by atoms with E-state index < -0.39 is 30.5 Å². The number of rotatable bonds is 4. The molecule has 1 aromatic carbocycles. The van der Waals surface area contributed by atoms with Crippen molar-refractivity contribution in [1.29, 1.82) is 5.26 Å². The molecular formula is C19H18N6O5. The highest BCUT2D eigenvalue weighted by Crippen LogP contribution is 2.38. The lowest BCUT2D eigenvalue weighted by atomic mass is 10.1. The van der Waals surface area contributed by atoms with Gasteiger partial charge in [-0.2, -0.15) is 5.26 Å². The van der Waals surface area contributed by atoms with E-state index in [1.807, 2.05) is 6.07 Å². The van der Waals surface area contributed by atoms with Crippen molar-refractivity contribution in [1.82, 2.24) is 14.5 Å². The molecule has 1 saturated heterocycles. The average molecular weight is 410 g/mol. The van der Waals surface area contributed by atoms with E-state index >= 15 is 0 Å². The van der Waals surface area contributed by atoms with Crippen molar-refractivity contribution in [2.75, 3.05) is 18.1 Å². The number of fused-ring (bicyclic) bond motifs is 1. The van der Waals surface area contributed by atoms with Gasteiger partial charge in [-0.1, -0.05) is 18.2 Å². The van der Waals surface area contributed by atoms with Gasteiger partial charge in [-0.05, 0) is 12.1 Å². The van der Waals surface area contributed by atoms with Crippen molar-refractivity contribution in [3.05, 3.63) is 47.8 Å². The Morgan fingerprint density at radius 2 is 1.97 bits per heavy atom. The Bertz CT molecular complexity index is 1140. The summed E-state index contributed by atoms with van der Waals surface area (Å²) in [5.74, 6) is -0.594. The van der Waals surface area contributed by atoms with E-state index in [-0.39, 0.29) is 34.8 Å². The number of ether oxygens (including phenoxy) is 2. The zero-order valence-corrected chi connectivity index (χ0v) is 15.5. The summed E-state index contributed by atoms with van der Waals surface area (Å²) >= 11 is 0. The maximum atomic E-state index is 12.1. The van der Waals surface area contributed by atoms with E-state index in [4.69, 9.17) is 20.9 Å². The first-order chi connectivity index (χ1) is 14.4. The van der Waals surface area contributed by atoms with Crippen LogP contribution in [0.2, 0.25) is 0 Å². The van der Waals surface area contributed by atoms with Crippen LogP contribution in [-0.2, 0) is 9.47 Å². The molecule has 0 aliphatic carbocycles. The molecular weight excluding hydrogens is 392 g/mol. The zero-order chi connectivity index (χ0) is 21.4. The SMILES string of the molecule is N#Cc1c(N)n([C@@H]2O[C@H](COC(=O)c3ccccc3)[C@@H](O)[C@H]2O)c2ncnc(N)c12. The summed E-state index contributed by atoms with van der Waals surface area (Å²) in [6, 6.07) is 10.3. The minimum absolute atomic E-state index is 0.0346. The second-order valence-electron chi connectivity index (χ2n) is 6.71. The lowest BCUT2D eigenvalue weighted by Crippen LogP contribution is -2.34. The molecule has 0 spiro atoms. The molecule has 2 aromatic heterocycles. The Hall–Kier alpha value is -3.72. The summed E-state index contributed by atoms with van der Waals surface area (Å²) in [5.41, 5.74) is 12.5. The van der Waals surface area contributed by atoms with Gasteiger partial charge >= 0.3 is 5.97 Å². The molecule has 30 heavy (non-hydrogen) atoms. The second-order valence-corrected chi connectivity index (χ2v) is 6.71. The highest BCUT2D eigenvalue weighted by Gasteiger charge is 2.46. The number of nitrogens with zero attached hydrogens (tertiary/aromatic N) is 4. The molecule has 1 aliphatic heterocycles. The topological polar surface area (TPSA) is 183 Å². The number of carbonyl (C=O) groups excluding carboxylic acids is 1. The number of aliphatic hydroxyl groups is 2. The molecule has 0 saturated carbocycles. The number of aliphatic hydroxyl groups excluding tert-OH is 2. The predicted octanol–water partition coefficient (Wildman–Crippen LogP) is -0.0564. The van der Waals surface area contributed by atoms with E-state index in [1.54, 1.807) is 30.3 Å². The third-order valence-electron chi connectivity index (χ3n) is 4.94. The molecule has 1 fully saturated rings. The molecule has 11 nitrogen and oxygen atoms in total. The lowest BCUT2D eigenvalue weighted by molar-refractivity contribution is -0.0555. The van der Waals surface area contributed by atoms with Crippen LogP contribution in [0.15, 0.2) is 36.7 Å². The van der Waals surface area contributed by atoms with E-state index in [0.717, 1.165) is 0 Å². The standard InChI is InChI=1S/C19H18N6O5/c20-6-10-12-15(21)23-8-24-17(12)25(16(10)22)18-14(27)13(26)11(30-18)7-29-19(28)9-4-2-1-3-5-9/h1-5,8,11,13-14,18,26-27H,7,22H2,(H2,21,23,24)/t11-,13-,14-,18-/m1/s1. The van der Waals surface area contributed by atoms with Crippen molar-refractivity contribution < 1.29 is 24.5 Å². The third-order valence-corrected chi connectivity index (χ3v) is 4.94. The van der Waals surface area contributed by atoms with Gasteiger partial charge in [0.2, 0.25) is 0 Å². The summed E-state index contributed by atoms with van der Waals surface area (Å²) in [6.45, 7) is -0.302. The summed E-state index contributed by atoms with van der Waals surface area (Å²) < 4.78 is 12.2. The summed E-state index contributed by atoms with van der Waals surface area (Å²) in [5, 5.41) is 30.6. The van der Waals surface area contributed by atoms with Crippen LogP contribution in [0, 0.1) is 11.3 Å². The van der Waals surface area contributed by atoms with Crippen molar-refractivity contribution >= 4 is 28.6 Å². The molecule has 4 atom stereocenters. The number of nitriles is 1. The Balaban J connectivity index is 1.60. The minimum Gasteiger partial charge on any atom is -0.459 e. The lowest BCUT2D eigenvalue weighted by Gasteiger charge is -2.19. The number of hydrogen-bond donors (Lipinski definition) is 4. The monoisotopic (exact) mass is 410 g/mol. The van der Waals surface area contributed by atoms with Crippen molar-refractivity contribution in [2.45, 2.75) is 24.5 Å². The van der Waals surface area contributed by atoms with Crippen LogP contribution in [0.5, 0.6) is 0 Å². The number of benzene rings is 1. The van der Waals surface area contributed by atoms with Crippen molar-refractivity contribution in [2.24, 2.45) is 0 Å². The van der Waals surface area contributed by atoms with Gasteiger partial charge in [-0.25, -0.2) is 14.8 Å². The Kier molecular flexibility index (Phi) is 4.96. The molecule has 0 radical (unpaired) electrons. The fraction of sp³-hybridized carbons (Fsp3) is 0.263. The fourth-order valence-corrected chi connectivity index (χ4v) is 3.44. The van der Waals surface area contributed by atoms with E-state index in [2.05, 4.69) is 9.97 Å². The van der Waals surface area contributed by atoms with Gasteiger partial charge < -0.3 is 31.2 Å². The van der Waals surface area contributed by atoms with Crippen molar-refractivity contribution in [3.8, 4) is 6.07 Å². The number of aromatic nitrogens is 3. The van der Waals surface area contributed by atoms with Crippen LogP contribution in [0.25, 0.3) is 11.0 Å². The first-order valence-electron chi connectivity index (χ1n) is 8.97. The summed E-state index contributed by atoms with van der Waals surface area (Å²) in [6.07, 6.45) is -3.82. The van der Waals surface area contributed by atoms with Crippen LogP contribution in [-0.4, -0.2) is 55.6 Å². The molecule has 1 aliphatic rings. The number of nitrogens with two attached hydrogens (primary N) is 2. The first-order valence-corrected chi connectivity index (χ1v) is 8.97. The Morgan fingerprint density at radius 1 is 1.23 bits per heavy atom. The van der Waals surface area contributed by atoms with Crippen LogP contribution in [0.3, 0.4) is 0 Å². The zero-order valence-electron chi connectivity index (χ0n) is 15.5. The average Bonchev–Trinajstić information content (AvgIpc) is 3.20. The van der Waals surface area contributed by atoms with E-state index in [9.17, 15) is 20.3 Å². The van der Waals surface area contributed by atoms with Gasteiger partial charge in [0.05, 0.1) is 10.9 Å². The number of esters is 1. The molecule has 3 heterocycles. The van der Waals surface area contributed by atoms with Gasteiger partial charge in [0, 0.05) is 0 Å². The highest BCUT2D eigenvalue weighted by atomic mass is 16.6. The molecule has 4 rings (SSSR count). The predicted molar refractivity (Wildman–Crippen MR) is 104 cm³/mol. The number of nitrogen functional groups attached to an aromatic ring is 2. The number of carbonyl (C=O) groups is 1. The van der Waals surface area contributed by atoms with E-state index in [1.165, 1.54) is 10.9 Å². The fourth-order valence-electron chi connectivity index (χ4n) is 3.44. The molecule has 0 bridgehead atoms. The van der Waals surface area contributed by atoms with Gasteiger partial charge in [-0.3, -0.25) is 4.57 Å². The van der Waals surface area contributed by atoms with Crippen molar-refractivity contribution in [3.63, 3.8) is 0 Å². The summed E-state index contributed by atoms with van der Waals surface area (Å²) in [7, 11) is 0. The highest BCUT2D eigenvalue weighted by molar-refractivity contribution is 5.96.